The minimum absolute atomic E-state index is 0.242. The van der Waals surface area contributed by atoms with E-state index >= 15 is 9.59 Å². The van der Waals surface area contributed by atoms with E-state index < -0.39 is 344 Å². The van der Waals surface area contributed by atoms with Gasteiger partial charge < -0.3 is 180 Å². The summed E-state index contributed by atoms with van der Waals surface area (Å²) in [6, 6.07) is 3.09. The molecule has 5 aliphatic rings. The molecule has 25 N–H and O–H groups in total. The molecule has 0 saturated carbocycles. The van der Waals surface area contributed by atoms with E-state index in [4.69, 9.17) is 52.1 Å². The Morgan fingerprint density at radius 1 is 0.366 bits per heavy atom. The minimum Gasteiger partial charge on any atom is -0.504 e. The first kappa shape index (κ1) is 74.8. The van der Waals surface area contributed by atoms with E-state index in [1.165, 1.54) is 0 Å². The van der Waals surface area contributed by atoms with E-state index in [9.17, 15) is 156 Å². The smallest absolute Gasteiger partial charge is 0.344 e. The highest BCUT2D eigenvalue weighted by atomic mass is 16.7. The molecule has 0 bridgehead atoms. The lowest BCUT2D eigenvalue weighted by atomic mass is 9.90. The van der Waals surface area contributed by atoms with Crippen LogP contribution in [-0.2, 0) is 47.4 Å². The average molecular weight is 1570 g/mol. The Morgan fingerprint density at radius 3 is 1.21 bits per heavy atom. The van der Waals surface area contributed by atoms with Gasteiger partial charge in [0.05, 0.1) is 45.6 Å². The molecular formula is C68H48O44. The molecule has 8 aromatic rings. The summed E-state index contributed by atoms with van der Waals surface area (Å²) in [7, 11) is 0. The predicted octanol–water partition coefficient (Wildman–Crippen LogP) is 1.54. The number of phenolic OH excluding ortho intramolecular Hbond substituents is 23. The van der Waals surface area contributed by atoms with Gasteiger partial charge in [-0.05, 0) is 42.5 Å². The van der Waals surface area contributed by atoms with Crippen molar-refractivity contribution in [2.75, 3.05) is 13.2 Å². The third-order valence-corrected chi connectivity index (χ3v) is 17.9. The van der Waals surface area contributed by atoms with Gasteiger partial charge in [-0.2, -0.15) is 0 Å². The molecule has 0 aliphatic carbocycles. The van der Waals surface area contributed by atoms with Crippen molar-refractivity contribution in [2.24, 2.45) is 0 Å². The van der Waals surface area contributed by atoms with Crippen LogP contribution in [-0.4, -0.2) is 250 Å². The molecule has 0 spiro atoms. The maximum Gasteiger partial charge on any atom is 0.344 e. The van der Waals surface area contributed by atoms with Crippen molar-refractivity contribution < 1.29 is 218 Å². The number of aliphatic hydroxyl groups is 2. The Balaban J connectivity index is 0.952. The van der Waals surface area contributed by atoms with Crippen LogP contribution in [0, 0.1) is 0 Å². The molecule has 112 heavy (non-hydrogen) atoms. The molecule has 0 radical (unpaired) electrons. The fourth-order valence-corrected chi connectivity index (χ4v) is 12.6. The highest BCUT2D eigenvalue weighted by Crippen LogP contribution is 2.60. The number of hydrogen-bond acceptors (Lipinski definition) is 44. The molecule has 0 amide bonds. The van der Waals surface area contributed by atoms with Gasteiger partial charge in [-0.15, -0.1) is 0 Å². The van der Waals surface area contributed by atoms with Crippen molar-refractivity contribution in [1.82, 2.24) is 0 Å². The topological polar surface area (TPSA) is 744 Å². The predicted molar refractivity (Wildman–Crippen MR) is 345 cm³/mol. The number of ether oxygens (including phenoxy) is 11. The van der Waals surface area contributed by atoms with Gasteiger partial charge in [0.2, 0.25) is 64.1 Å². The normalized spacial score (nSPS) is 21.2. The van der Waals surface area contributed by atoms with Crippen LogP contribution in [0.25, 0.3) is 33.4 Å². The minimum atomic E-state index is -2.93. The average Bonchev–Trinajstić information content (AvgIpc) is 0.935. The monoisotopic (exact) mass is 1570 g/mol. The number of rotatable bonds is 7. The standard InChI is InChI=1S/C68H48O44/c69-10-28-44(85)55-59(111-65(99)18-9-26(77)42(83)48(89)33(18)30-15(62(96)108-55)6-23(74)39(80)45(30)86)68(106-28)112-60(94)12-1-19(70)38(79)27(2-12)104-54-36-35(50(91)51(92)52(54)93)34-14(5-22(73)43(84)49(34)90)61(95)102-11-29-53(107-66(36)100)56-57(58(105-29)67(101)103-13-3-20(71)37(78)21(72)4-13)110-64(98)17-8-25(76)41(82)47(88)32(17)31-16(63(97)109-56)7-24(75)40(81)46(31)87/h1-9,28-29,44,53,55-59,68-93H,10-11H2. The molecule has 584 valence electrons. The van der Waals surface area contributed by atoms with E-state index in [0.29, 0.717) is 30.3 Å². The number of fused-ring (bicyclic) bond motifs is 13. The zero-order valence-electron chi connectivity index (χ0n) is 54.8. The summed E-state index contributed by atoms with van der Waals surface area (Å²) < 4.78 is 61.9. The summed E-state index contributed by atoms with van der Waals surface area (Å²) in [6.07, 6.45) is -26.3. The van der Waals surface area contributed by atoms with Gasteiger partial charge in [0.1, 0.15) is 36.2 Å². The van der Waals surface area contributed by atoms with Gasteiger partial charge in [-0.3, -0.25) is 0 Å². The van der Waals surface area contributed by atoms with Crippen LogP contribution in [0.5, 0.6) is 149 Å². The Hall–Kier alpha value is -15.4. The first-order valence-corrected chi connectivity index (χ1v) is 31.2. The molecule has 5 aliphatic heterocycles. The number of aliphatic hydroxyl groups excluding tert-OH is 2. The van der Waals surface area contributed by atoms with Crippen LogP contribution in [0.3, 0.4) is 0 Å². The number of carbonyl (C=O) groups is 8. The van der Waals surface area contributed by atoms with Gasteiger partial charge in [0, 0.05) is 39.9 Å². The number of cyclic esters (lactones) is 1. The number of carbonyl (C=O) groups excluding carboxylic acids is 8. The third-order valence-electron chi connectivity index (χ3n) is 17.9. The molecule has 44 nitrogen and oxygen atoms in total. The number of hydrogen-bond donors (Lipinski definition) is 25. The van der Waals surface area contributed by atoms with Gasteiger partial charge in [0.25, 0.3) is 0 Å². The maximum atomic E-state index is 15.9. The summed E-state index contributed by atoms with van der Waals surface area (Å²) in [6.45, 7) is -2.89. The van der Waals surface area contributed by atoms with Crippen molar-refractivity contribution in [3.63, 3.8) is 0 Å². The van der Waals surface area contributed by atoms with Gasteiger partial charge >= 0.3 is 47.8 Å². The van der Waals surface area contributed by atoms with Crippen LogP contribution < -0.4 is 9.47 Å². The van der Waals surface area contributed by atoms with Gasteiger partial charge in [-0.1, -0.05) is 0 Å². The summed E-state index contributed by atoms with van der Waals surface area (Å²) in [4.78, 5) is 118. The fraction of sp³-hybridized carbons (Fsp3) is 0.176. The molecule has 2 fully saturated rings. The van der Waals surface area contributed by atoms with Crippen molar-refractivity contribution >= 4 is 47.8 Å². The number of esters is 8. The zero-order chi connectivity index (χ0) is 81.5. The van der Waals surface area contributed by atoms with Crippen molar-refractivity contribution in [2.45, 2.75) is 61.2 Å². The lowest BCUT2D eigenvalue weighted by molar-refractivity contribution is -0.283. The second-order valence-electron chi connectivity index (χ2n) is 24.5. The van der Waals surface area contributed by atoms with E-state index in [0.717, 1.165) is 0 Å². The highest BCUT2D eigenvalue weighted by molar-refractivity contribution is 6.13. The van der Waals surface area contributed by atoms with Crippen LogP contribution >= 0.6 is 0 Å². The van der Waals surface area contributed by atoms with Crippen molar-refractivity contribution in [1.29, 1.82) is 0 Å². The Bertz CT molecular complexity index is 5480. The van der Waals surface area contributed by atoms with Crippen LogP contribution in [0.1, 0.15) is 72.5 Å². The second-order valence-corrected chi connectivity index (χ2v) is 24.5. The SMILES string of the molecule is O=C(OC1OC(CO)C(O)C2OC(=O)c3cc(O)c(O)c(O)c3-c3c(cc(O)c(O)c3O)C(=O)OC12)c1cc(O)c(O)c(Oc2c(O)c(O)c(O)c3c2C(=O)OC2C(COC(=O)c4cc(O)c(O)c(O)c4-3)OC(C(=O)Oc3cc(O)c(O)c(O)c3)C3OC(=O)c4cc(O)c(O)c(O)c4-c4c(cc(O)c(O)c4O)C(=O)OC23)c1. The third kappa shape index (κ3) is 11.9. The quantitative estimate of drug-likeness (QED) is 0.0466. The lowest BCUT2D eigenvalue weighted by Gasteiger charge is -2.44. The molecule has 44 heteroatoms. The zero-order valence-corrected chi connectivity index (χ0v) is 54.8. The van der Waals surface area contributed by atoms with E-state index in [-0.39, 0.29) is 24.3 Å². The molecule has 10 atom stereocenters. The molecule has 8 aromatic carbocycles. The number of phenols is 23. The van der Waals surface area contributed by atoms with Gasteiger partial charge in [0.15, 0.2) is 123 Å². The van der Waals surface area contributed by atoms with Crippen LogP contribution in [0.15, 0.2) is 54.6 Å². The molecule has 2 saturated heterocycles. The first-order chi connectivity index (χ1) is 52.8. The summed E-state index contributed by atoms with van der Waals surface area (Å²) in [5.74, 6) is -55.2. The fourth-order valence-electron chi connectivity index (χ4n) is 12.6. The summed E-state index contributed by atoms with van der Waals surface area (Å²) >= 11 is 0. The Morgan fingerprint density at radius 2 is 0.750 bits per heavy atom. The van der Waals surface area contributed by atoms with Crippen LogP contribution in [0.2, 0.25) is 0 Å². The molecular weight excluding hydrogens is 1520 g/mol. The molecule has 13 rings (SSSR count). The molecule has 10 unspecified atom stereocenters. The van der Waals surface area contributed by atoms with Crippen molar-refractivity contribution in [3.05, 3.63) is 93.5 Å². The summed E-state index contributed by atoms with van der Waals surface area (Å²) in [5.41, 5.74) is -17.1. The number of aromatic hydroxyl groups is 23. The Kier molecular flexibility index (Phi) is 18.1. The van der Waals surface area contributed by atoms with Crippen LogP contribution in [0.4, 0.5) is 0 Å². The van der Waals surface area contributed by atoms with E-state index in [1.54, 1.807) is 0 Å². The molecule has 0 aromatic heterocycles. The van der Waals surface area contributed by atoms with Gasteiger partial charge in [-0.25, -0.2) is 38.4 Å². The first-order valence-electron chi connectivity index (χ1n) is 31.2. The number of benzene rings is 8. The lowest BCUT2D eigenvalue weighted by Crippen LogP contribution is -2.64. The second kappa shape index (κ2) is 27.1. The van der Waals surface area contributed by atoms with E-state index in [2.05, 4.69) is 0 Å². The maximum absolute atomic E-state index is 15.9. The molecule has 5 heterocycles. The Labute approximate surface area is 614 Å². The van der Waals surface area contributed by atoms with E-state index in [1.807, 2.05) is 0 Å². The summed E-state index contributed by atoms with van der Waals surface area (Å²) in [5, 5.41) is 275. The largest absolute Gasteiger partial charge is 0.504 e. The van der Waals surface area contributed by atoms with Crippen molar-refractivity contribution in [3.8, 4) is 183 Å². The highest BCUT2D eigenvalue weighted by Gasteiger charge is 2.58.